The topological polar surface area (TPSA) is 34.1 Å². The van der Waals surface area contributed by atoms with Crippen molar-refractivity contribution in [1.82, 2.24) is 4.90 Å². The Morgan fingerprint density at radius 2 is 2.14 bits per heavy atom. The quantitative estimate of drug-likeness (QED) is 0.836. The van der Waals surface area contributed by atoms with E-state index in [1.54, 1.807) is 7.11 Å². The smallest absolute Gasteiger partial charge is 0.147 e. The van der Waals surface area contributed by atoms with Gasteiger partial charge in [-0.1, -0.05) is 18.2 Å². The Hall–Kier alpha value is -1.65. The molecule has 0 radical (unpaired) electrons. The first-order valence-corrected chi connectivity index (χ1v) is 7.49. The predicted molar refractivity (Wildman–Crippen MR) is 82.8 cm³/mol. The second-order valence-corrected chi connectivity index (χ2v) is 5.49. The molecule has 1 saturated heterocycles. The largest absolute Gasteiger partial charge is 0.494 e. The molecule has 1 aromatic carbocycles. The van der Waals surface area contributed by atoms with Gasteiger partial charge in [0.1, 0.15) is 11.1 Å². The van der Waals surface area contributed by atoms with Crippen LogP contribution in [0.5, 0.6) is 5.75 Å². The maximum Gasteiger partial charge on any atom is 0.147 e. The molecule has 2 aliphatic rings. The van der Waals surface area contributed by atoms with Crippen LogP contribution in [0.2, 0.25) is 0 Å². The maximum absolute atomic E-state index is 5.56. The molecular formula is C17H22N2O2. The molecule has 0 saturated carbocycles. The minimum atomic E-state index is 0.826. The molecule has 0 amide bonds. The lowest BCUT2D eigenvalue weighted by atomic mass is 10.0. The predicted octanol–water partition coefficient (Wildman–Crippen LogP) is 1.15. The van der Waals surface area contributed by atoms with Crippen LogP contribution in [-0.2, 0) is 11.3 Å². The van der Waals surface area contributed by atoms with Gasteiger partial charge in [0.2, 0.25) is 0 Å². The molecule has 3 rings (SSSR count). The van der Waals surface area contributed by atoms with Crippen molar-refractivity contribution in [2.75, 3.05) is 33.4 Å². The fourth-order valence-electron chi connectivity index (χ4n) is 2.98. The lowest BCUT2D eigenvalue weighted by Crippen LogP contribution is -2.39. The van der Waals surface area contributed by atoms with E-state index in [-0.39, 0.29) is 0 Å². The molecule has 0 atom stereocenters. The number of morpholine rings is 1. The van der Waals surface area contributed by atoms with Crippen molar-refractivity contribution in [2.24, 2.45) is 4.99 Å². The van der Waals surface area contributed by atoms with E-state index in [2.05, 4.69) is 35.0 Å². The van der Waals surface area contributed by atoms with Crippen LogP contribution in [0.4, 0.5) is 0 Å². The van der Waals surface area contributed by atoms with Crippen LogP contribution in [0.3, 0.4) is 0 Å². The number of rotatable bonds is 3. The highest BCUT2D eigenvalue weighted by Gasteiger charge is 2.14. The zero-order valence-corrected chi connectivity index (χ0v) is 12.8. The van der Waals surface area contributed by atoms with E-state index in [1.165, 1.54) is 10.8 Å². The highest BCUT2D eigenvalue weighted by Crippen LogP contribution is 2.14. The van der Waals surface area contributed by atoms with Gasteiger partial charge < -0.3 is 9.47 Å². The van der Waals surface area contributed by atoms with Crippen LogP contribution in [0.1, 0.15) is 17.5 Å². The van der Waals surface area contributed by atoms with Gasteiger partial charge in [-0.2, -0.15) is 0 Å². The van der Waals surface area contributed by atoms with Gasteiger partial charge in [-0.3, -0.25) is 9.89 Å². The Labute approximate surface area is 125 Å². The summed E-state index contributed by atoms with van der Waals surface area (Å²) >= 11 is 0. The van der Waals surface area contributed by atoms with Gasteiger partial charge in [0, 0.05) is 31.1 Å². The SMILES string of the molecule is COc1c(C)cc(CN2CCOCC2)c2c1=NC=CCC=2. The third-order valence-corrected chi connectivity index (χ3v) is 4.03. The van der Waals surface area contributed by atoms with E-state index in [9.17, 15) is 0 Å². The number of hydrogen-bond donors (Lipinski definition) is 0. The van der Waals surface area contributed by atoms with Crippen molar-refractivity contribution in [3.8, 4) is 5.75 Å². The van der Waals surface area contributed by atoms with Crippen LogP contribution in [-0.4, -0.2) is 38.3 Å². The van der Waals surface area contributed by atoms with E-state index in [0.29, 0.717) is 0 Å². The Balaban J connectivity index is 2.06. The number of ether oxygens (including phenoxy) is 2. The molecular weight excluding hydrogens is 264 g/mol. The van der Waals surface area contributed by atoms with Crippen molar-refractivity contribution in [1.29, 1.82) is 0 Å². The number of aryl methyl sites for hydroxylation is 1. The summed E-state index contributed by atoms with van der Waals surface area (Å²) in [5, 5.41) is 2.18. The molecule has 0 N–H and O–H groups in total. The number of benzene rings is 1. The summed E-state index contributed by atoms with van der Waals surface area (Å²) in [5.41, 5.74) is 2.48. The second-order valence-electron chi connectivity index (χ2n) is 5.49. The molecule has 0 bridgehead atoms. The van der Waals surface area contributed by atoms with Gasteiger partial charge in [0.05, 0.1) is 20.3 Å². The monoisotopic (exact) mass is 286 g/mol. The number of allylic oxidation sites excluding steroid dienone is 1. The molecule has 0 unspecified atom stereocenters. The standard InChI is InChI=1S/C17H22N2O2/c1-13-11-14(12-19-7-9-21-10-8-19)15-5-3-4-6-18-16(15)17(13)20-2/h4-6,11H,3,7-10,12H2,1-2H3. The maximum atomic E-state index is 5.56. The normalized spacial score (nSPS) is 18.4. The van der Waals surface area contributed by atoms with Crippen LogP contribution >= 0.6 is 0 Å². The average molecular weight is 286 g/mol. The summed E-state index contributed by atoms with van der Waals surface area (Å²) in [5.74, 6) is 0.888. The Kier molecular flexibility index (Phi) is 4.36. The molecule has 112 valence electrons. The van der Waals surface area contributed by atoms with Crippen LogP contribution in [0, 0.1) is 6.92 Å². The van der Waals surface area contributed by atoms with Gasteiger partial charge in [0.25, 0.3) is 0 Å². The molecule has 2 heterocycles. The number of methoxy groups -OCH3 is 1. The first-order chi connectivity index (χ1) is 10.3. The summed E-state index contributed by atoms with van der Waals surface area (Å²) in [6.45, 7) is 6.68. The van der Waals surface area contributed by atoms with Crippen molar-refractivity contribution in [3.05, 3.63) is 40.0 Å². The van der Waals surface area contributed by atoms with Crippen LogP contribution < -0.4 is 15.3 Å². The number of nitrogens with zero attached hydrogens (tertiary/aromatic N) is 2. The van der Waals surface area contributed by atoms with Crippen molar-refractivity contribution in [2.45, 2.75) is 19.9 Å². The highest BCUT2D eigenvalue weighted by molar-refractivity contribution is 5.43. The molecule has 0 spiro atoms. The Morgan fingerprint density at radius 1 is 1.33 bits per heavy atom. The first-order valence-electron chi connectivity index (χ1n) is 7.49. The van der Waals surface area contributed by atoms with Gasteiger partial charge in [0.15, 0.2) is 0 Å². The van der Waals surface area contributed by atoms with Crippen LogP contribution in [0.25, 0.3) is 6.08 Å². The molecule has 1 fully saturated rings. The van der Waals surface area contributed by atoms with E-state index in [4.69, 9.17) is 9.47 Å². The minimum Gasteiger partial charge on any atom is -0.494 e. The van der Waals surface area contributed by atoms with Gasteiger partial charge in [-0.05, 0) is 24.5 Å². The zero-order chi connectivity index (χ0) is 14.7. The summed E-state index contributed by atoms with van der Waals surface area (Å²) in [6.07, 6.45) is 7.12. The third-order valence-electron chi connectivity index (χ3n) is 4.03. The number of fused-ring (bicyclic) bond motifs is 1. The zero-order valence-electron chi connectivity index (χ0n) is 12.8. The summed E-state index contributed by atoms with van der Waals surface area (Å²) in [7, 11) is 1.72. The molecule has 4 nitrogen and oxygen atoms in total. The summed E-state index contributed by atoms with van der Waals surface area (Å²) in [6, 6.07) is 2.24. The van der Waals surface area contributed by atoms with E-state index >= 15 is 0 Å². The Morgan fingerprint density at radius 3 is 2.90 bits per heavy atom. The lowest BCUT2D eigenvalue weighted by molar-refractivity contribution is 0.0340. The first kappa shape index (κ1) is 14.3. The fraction of sp³-hybridized carbons (Fsp3) is 0.471. The second kappa shape index (κ2) is 6.41. The number of hydrogen-bond acceptors (Lipinski definition) is 4. The minimum absolute atomic E-state index is 0.826. The molecule has 21 heavy (non-hydrogen) atoms. The van der Waals surface area contributed by atoms with Crippen LogP contribution in [0.15, 0.2) is 23.3 Å². The van der Waals surface area contributed by atoms with E-state index in [0.717, 1.165) is 55.9 Å². The van der Waals surface area contributed by atoms with Crippen molar-refractivity contribution >= 4 is 6.08 Å². The van der Waals surface area contributed by atoms with Crippen molar-refractivity contribution < 1.29 is 9.47 Å². The molecule has 0 aliphatic carbocycles. The molecule has 0 aromatic heterocycles. The van der Waals surface area contributed by atoms with E-state index in [1.807, 2.05) is 6.20 Å². The average Bonchev–Trinajstić information content (AvgIpc) is 2.75. The van der Waals surface area contributed by atoms with E-state index < -0.39 is 0 Å². The van der Waals surface area contributed by atoms with Crippen molar-refractivity contribution in [3.63, 3.8) is 0 Å². The van der Waals surface area contributed by atoms with Gasteiger partial charge in [-0.25, -0.2) is 0 Å². The van der Waals surface area contributed by atoms with Gasteiger partial charge >= 0.3 is 0 Å². The highest BCUT2D eigenvalue weighted by atomic mass is 16.5. The summed E-state index contributed by atoms with van der Waals surface area (Å²) in [4.78, 5) is 7.03. The fourth-order valence-corrected chi connectivity index (χ4v) is 2.98. The lowest BCUT2D eigenvalue weighted by Gasteiger charge is -2.27. The third kappa shape index (κ3) is 3.01. The summed E-state index contributed by atoms with van der Waals surface area (Å²) < 4.78 is 11.0. The molecule has 4 heteroatoms. The van der Waals surface area contributed by atoms with Gasteiger partial charge in [-0.15, -0.1) is 0 Å². The molecule has 2 aliphatic heterocycles. The molecule has 1 aromatic rings. The Bertz CT molecular complexity index is 658.